The van der Waals surface area contributed by atoms with Crippen molar-refractivity contribution in [3.05, 3.63) is 35.9 Å². The first-order chi connectivity index (χ1) is 11.6. The molecule has 1 aromatic rings. The topological polar surface area (TPSA) is 59.1 Å². The van der Waals surface area contributed by atoms with E-state index < -0.39 is 5.60 Å². The van der Waals surface area contributed by atoms with Crippen LogP contribution in [-0.2, 0) is 20.9 Å². The molecule has 2 amide bonds. The molecule has 24 heavy (non-hydrogen) atoms. The molecule has 0 aliphatic carbocycles. The van der Waals surface area contributed by atoms with Gasteiger partial charge in [-0.25, -0.2) is 4.79 Å². The molecule has 0 aromatic heterocycles. The molecular weight excluding hydrogens is 308 g/mol. The number of methoxy groups -OCH3 is 1. The fraction of sp³-hybridized carbons (Fsp3) is 0.556. The van der Waals surface area contributed by atoms with Crippen molar-refractivity contribution in [2.75, 3.05) is 33.8 Å². The molecule has 0 saturated carbocycles. The molecule has 0 N–H and O–H groups in total. The summed E-state index contributed by atoms with van der Waals surface area (Å²) in [7, 11) is 3.44. The van der Waals surface area contributed by atoms with E-state index in [2.05, 4.69) is 0 Å². The molecule has 130 valence electrons. The van der Waals surface area contributed by atoms with Gasteiger partial charge >= 0.3 is 6.09 Å². The van der Waals surface area contributed by atoms with Gasteiger partial charge in [0, 0.05) is 20.7 Å². The van der Waals surface area contributed by atoms with Crippen molar-refractivity contribution in [2.24, 2.45) is 5.92 Å². The second-order valence-corrected chi connectivity index (χ2v) is 6.62. The molecule has 2 aliphatic heterocycles. The number of carbonyl (C=O) groups is 2. The first kappa shape index (κ1) is 16.8. The van der Waals surface area contributed by atoms with Crippen LogP contribution in [-0.4, -0.2) is 61.2 Å². The van der Waals surface area contributed by atoms with Crippen molar-refractivity contribution in [1.82, 2.24) is 9.80 Å². The summed E-state index contributed by atoms with van der Waals surface area (Å²) < 4.78 is 11.0. The van der Waals surface area contributed by atoms with Gasteiger partial charge in [-0.15, -0.1) is 0 Å². The lowest BCUT2D eigenvalue weighted by Crippen LogP contribution is -2.70. The zero-order valence-electron chi connectivity index (χ0n) is 14.2. The molecule has 2 saturated heterocycles. The van der Waals surface area contributed by atoms with Gasteiger partial charge in [-0.1, -0.05) is 30.3 Å². The van der Waals surface area contributed by atoms with Gasteiger partial charge in [0.05, 0.1) is 19.0 Å². The Bertz CT molecular complexity index is 598. The zero-order chi connectivity index (χ0) is 17.2. The molecule has 0 spiro atoms. The molecule has 3 rings (SSSR count). The Morgan fingerprint density at radius 3 is 2.67 bits per heavy atom. The van der Waals surface area contributed by atoms with Crippen molar-refractivity contribution >= 4 is 12.0 Å². The Labute approximate surface area is 142 Å². The van der Waals surface area contributed by atoms with Crippen LogP contribution in [0.5, 0.6) is 0 Å². The summed E-state index contributed by atoms with van der Waals surface area (Å²) in [5, 5.41) is 0. The number of rotatable bonds is 4. The van der Waals surface area contributed by atoms with E-state index in [0.29, 0.717) is 13.1 Å². The number of carbonyl (C=O) groups excluding carboxylic acids is 2. The molecule has 1 aromatic carbocycles. The smallest absolute Gasteiger partial charge is 0.410 e. The number of hydrogen-bond donors (Lipinski definition) is 0. The van der Waals surface area contributed by atoms with Crippen molar-refractivity contribution in [3.63, 3.8) is 0 Å². The highest BCUT2D eigenvalue weighted by molar-refractivity contribution is 5.81. The summed E-state index contributed by atoms with van der Waals surface area (Å²) in [6, 6.07) is 9.58. The van der Waals surface area contributed by atoms with Gasteiger partial charge in [0.15, 0.2) is 0 Å². The molecule has 2 aliphatic rings. The molecule has 0 bridgehead atoms. The van der Waals surface area contributed by atoms with Gasteiger partial charge in [0.25, 0.3) is 0 Å². The van der Waals surface area contributed by atoms with Crippen LogP contribution in [0.2, 0.25) is 0 Å². The zero-order valence-corrected chi connectivity index (χ0v) is 14.2. The van der Waals surface area contributed by atoms with E-state index in [4.69, 9.17) is 9.47 Å². The minimum Gasteiger partial charge on any atom is -0.445 e. The van der Waals surface area contributed by atoms with Gasteiger partial charge in [-0.2, -0.15) is 0 Å². The lowest BCUT2D eigenvalue weighted by molar-refractivity contribution is -0.177. The van der Waals surface area contributed by atoms with E-state index in [1.807, 2.05) is 37.4 Å². The third-order valence-electron chi connectivity index (χ3n) is 5.08. The Morgan fingerprint density at radius 2 is 2.00 bits per heavy atom. The van der Waals surface area contributed by atoms with Crippen LogP contribution in [0.25, 0.3) is 0 Å². The van der Waals surface area contributed by atoms with Crippen LogP contribution < -0.4 is 0 Å². The van der Waals surface area contributed by atoms with Gasteiger partial charge in [-0.3, -0.25) is 4.79 Å². The molecule has 1 atom stereocenters. The number of amides is 2. The average molecular weight is 332 g/mol. The standard InChI is InChI=1S/C18H24N2O4/c1-19-10-6-9-15(16(19)21)18(23-2)12-20(13-18)17(22)24-11-14-7-4-3-5-8-14/h3-5,7-8,15H,6,9-13H2,1-2H3. The van der Waals surface area contributed by atoms with Crippen LogP contribution in [0.4, 0.5) is 4.79 Å². The van der Waals surface area contributed by atoms with E-state index >= 15 is 0 Å². The summed E-state index contributed by atoms with van der Waals surface area (Å²) in [5.41, 5.74) is 0.380. The average Bonchev–Trinajstić information content (AvgIpc) is 2.57. The predicted molar refractivity (Wildman–Crippen MR) is 88.3 cm³/mol. The number of benzene rings is 1. The van der Waals surface area contributed by atoms with Gasteiger partial charge in [0.2, 0.25) is 5.91 Å². The van der Waals surface area contributed by atoms with Crippen LogP contribution >= 0.6 is 0 Å². The SMILES string of the molecule is COC1(C2CCCN(C)C2=O)CN(C(=O)OCc2ccccc2)C1. The molecule has 6 heteroatoms. The summed E-state index contributed by atoms with van der Waals surface area (Å²) in [4.78, 5) is 28.0. The minimum absolute atomic E-state index is 0.111. The van der Waals surface area contributed by atoms with Crippen molar-refractivity contribution in [3.8, 4) is 0 Å². The second-order valence-electron chi connectivity index (χ2n) is 6.62. The van der Waals surface area contributed by atoms with E-state index in [0.717, 1.165) is 24.9 Å². The number of likely N-dealkylation sites (tertiary alicyclic amines) is 2. The first-order valence-corrected chi connectivity index (χ1v) is 8.31. The summed E-state index contributed by atoms with van der Waals surface area (Å²) >= 11 is 0. The van der Waals surface area contributed by atoms with Crippen LogP contribution in [0.3, 0.4) is 0 Å². The fourth-order valence-electron chi connectivity index (χ4n) is 3.55. The van der Waals surface area contributed by atoms with Crippen LogP contribution in [0, 0.1) is 5.92 Å². The Morgan fingerprint density at radius 1 is 1.29 bits per heavy atom. The maximum absolute atomic E-state index is 12.4. The molecular formula is C18H24N2O4. The van der Waals surface area contributed by atoms with Gasteiger partial charge in [-0.05, 0) is 18.4 Å². The number of ether oxygens (including phenoxy) is 2. The first-order valence-electron chi connectivity index (χ1n) is 8.31. The molecule has 0 radical (unpaired) electrons. The van der Waals surface area contributed by atoms with Gasteiger partial charge < -0.3 is 19.3 Å². The largest absolute Gasteiger partial charge is 0.445 e. The van der Waals surface area contributed by atoms with Crippen LogP contribution in [0.1, 0.15) is 18.4 Å². The Kier molecular flexibility index (Phi) is 4.76. The summed E-state index contributed by atoms with van der Waals surface area (Å²) in [6.07, 6.45) is 1.42. The lowest BCUT2D eigenvalue weighted by atomic mass is 9.76. The highest BCUT2D eigenvalue weighted by Crippen LogP contribution is 2.38. The third kappa shape index (κ3) is 3.11. The normalized spacial score (nSPS) is 22.9. The van der Waals surface area contributed by atoms with Crippen molar-refractivity contribution < 1.29 is 19.1 Å². The number of nitrogens with zero attached hydrogens (tertiary/aromatic N) is 2. The van der Waals surface area contributed by atoms with E-state index in [1.54, 1.807) is 16.9 Å². The molecule has 6 nitrogen and oxygen atoms in total. The third-order valence-corrected chi connectivity index (χ3v) is 5.08. The number of hydrogen-bond acceptors (Lipinski definition) is 4. The maximum atomic E-state index is 12.4. The quantitative estimate of drug-likeness (QED) is 0.845. The van der Waals surface area contributed by atoms with Crippen molar-refractivity contribution in [2.45, 2.75) is 25.0 Å². The fourth-order valence-corrected chi connectivity index (χ4v) is 3.55. The molecule has 2 heterocycles. The Balaban J connectivity index is 1.56. The summed E-state index contributed by atoms with van der Waals surface area (Å²) in [6.45, 7) is 1.85. The van der Waals surface area contributed by atoms with Crippen molar-refractivity contribution in [1.29, 1.82) is 0 Å². The lowest BCUT2D eigenvalue weighted by Gasteiger charge is -2.53. The summed E-state index contributed by atoms with van der Waals surface area (Å²) in [5.74, 6) is -0.0696. The van der Waals surface area contributed by atoms with E-state index in [1.165, 1.54) is 0 Å². The minimum atomic E-state index is -0.572. The highest BCUT2D eigenvalue weighted by atomic mass is 16.6. The Hall–Kier alpha value is -2.08. The van der Waals surface area contributed by atoms with E-state index in [9.17, 15) is 9.59 Å². The molecule has 1 unspecified atom stereocenters. The maximum Gasteiger partial charge on any atom is 0.410 e. The highest BCUT2D eigenvalue weighted by Gasteiger charge is 2.55. The van der Waals surface area contributed by atoms with Gasteiger partial charge in [0.1, 0.15) is 12.2 Å². The second kappa shape index (κ2) is 6.81. The van der Waals surface area contributed by atoms with Crippen LogP contribution in [0.15, 0.2) is 30.3 Å². The monoisotopic (exact) mass is 332 g/mol. The molecule has 2 fully saturated rings. The van der Waals surface area contributed by atoms with E-state index in [-0.39, 0.29) is 24.5 Å². The predicted octanol–water partition coefficient (Wildman–Crippen LogP) is 1.89. The number of piperidine rings is 1.